The van der Waals surface area contributed by atoms with Crippen molar-refractivity contribution >= 4 is 17.8 Å². The molecule has 1 atom stereocenters. The Morgan fingerprint density at radius 1 is 1.22 bits per heavy atom. The van der Waals surface area contributed by atoms with E-state index in [-0.39, 0.29) is 25.2 Å². The Hall–Kier alpha value is -2.37. The third-order valence-corrected chi connectivity index (χ3v) is 4.23. The zero-order valence-electron chi connectivity index (χ0n) is 13.0. The third kappa shape index (κ3) is 5.09. The Balaban J connectivity index is 1.86. The highest BCUT2D eigenvalue weighted by Crippen LogP contribution is 2.36. The molecule has 1 aromatic rings. The van der Waals surface area contributed by atoms with Gasteiger partial charge in [0.15, 0.2) is 0 Å². The van der Waals surface area contributed by atoms with E-state index in [4.69, 9.17) is 10.8 Å². The number of hydrogen-bond donors (Lipinski definition) is 3. The number of carbonyl (C=O) groups excluding carboxylic acids is 2. The topological polar surface area (TPSA) is 109 Å². The molecule has 6 heteroatoms. The molecule has 0 aromatic heterocycles. The molecule has 0 spiro atoms. The smallest absolute Gasteiger partial charge is 0.326 e. The summed E-state index contributed by atoms with van der Waals surface area (Å²) >= 11 is 0. The maximum absolute atomic E-state index is 12.0. The van der Waals surface area contributed by atoms with E-state index in [1.54, 1.807) is 0 Å². The van der Waals surface area contributed by atoms with E-state index in [1.165, 1.54) is 24.8 Å². The van der Waals surface area contributed by atoms with Gasteiger partial charge in [-0.05, 0) is 36.3 Å². The second-order valence-corrected chi connectivity index (χ2v) is 6.01. The number of aliphatic carboxylic acids is 1. The average Bonchev–Trinajstić information content (AvgIpc) is 2.43. The Morgan fingerprint density at radius 3 is 2.35 bits per heavy atom. The lowest BCUT2D eigenvalue weighted by atomic mass is 9.80. The fourth-order valence-electron chi connectivity index (χ4n) is 2.62. The first-order chi connectivity index (χ1) is 11.0. The first kappa shape index (κ1) is 17.0. The molecular weight excluding hydrogens is 296 g/mol. The predicted molar refractivity (Wildman–Crippen MR) is 84.7 cm³/mol. The zero-order valence-corrected chi connectivity index (χ0v) is 13.0. The maximum Gasteiger partial charge on any atom is 0.326 e. The van der Waals surface area contributed by atoms with Crippen LogP contribution in [0.3, 0.4) is 0 Å². The van der Waals surface area contributed by atoms with Crippen LogP contribution in [0.15, 0.2) is 24.3 Å². The molecule has 1 aliphatic rings. The van der Waals surface area contributed by atoms with Gasteiger partial charge >= 0.3 is 5.97 Å². The van der Waals surface area contributed by atoms with Gasteiger partial charge in [-0.3, -0.25) is 9.59 Å². The van der Waals surface area contributed by atoms with Crippen LogP contribution in [0.25, 0.3) is 0 Å². The largest absolute Gasteiger partial charge is 0.480 e. The summed E-state index contributed by atoms with van der Waals surface area (Å²) in [6.07, 6.45) is 3.76. The predicted octanol–water partition coefficient (Wildman–Crippen LogP) is 1.33. The van der Waals surface area contributed by atoms with Crippen molar-refractivity contribution in [2.45, 2.75) is 50.5 Å². The van der Waals surface area contributed by atoms with Gasteiger partial charge in [-0.15, -0.1) is 0 Å². The Labute approximate surface area is 135 Å². The molecule has 1 saturated carbocycles. The van der Waals surface area contributed by atoms with Crippen molar-refractivity contribution in [3.63, 3.8) is 0 Å². The van der Waals surface area contributed by atoms with Crippen molar-refractivity contribution in [1.82, 2.24) is 5.32 Å². The van der Waals surface area contributed by atoms with Crippen LogP contribution in [0.1, 0.15) is 49.1 Å². The number of carbonyl (C=O) groups is 3. The van der Waals surface area contributed by atoms with E-state index >= 15 is 0 Å². The molecule has 0 bridgehead atoms. The van der Waals surface area contributed by atoms with Crippen LogP contribution in [-0.4, -0.2) is 28.9 Å². The number of hydrogen-bond acceptors (Lipinski definition) is 3. The molecule has 1 fully saturated rings. The monoisotopic (exact) mass is 318 g/mol. The molecule has 0 aliphatic heterocycles. The van der Waals surface area contributed by atoms with Gasteiger partial charge < -0.3 is 16.2 Å². The highest BCUT2D eigenvalue weighted by molar-refractivity contribution is 5.85. The Bertz CT molecular complexity index is 579. The third-order valence-electron chi connectivity index (χ3n) is 4.23. The van der Waals surface area contributed by atoms with E-state index < -0.39 is 17.9 Å². The molecule has 6 nitrogen and oxygen atoms in total. The molecule has 1 aromatic carbocycles. The highest BCUT2D eigenvalue weighted by atomic mass is 16.4. The van der Waals surface area contributed by atoms with Gasteiger partial charge in [-0.2, -0.15) is 0 Å². The lowest BCUT2D eigenvalue weighted by molar-refractivity contribution is -0.142. The van der Waals surface area contributed by atoms with Crippen molar-refractivity contribution in [1.29, 1.82) is 0 Å². The fraction of sp³-hybridized carbons (Fsp3) is 0.471. The molecule has 23 heavy (non-hydrogen) atoms. The quantitative estimate of drug-likeness (QED) is 0.671. The lowest BCUT2D eigenvalue weighted by Crippen LogP contribution is -2.42. The molecule has 1 aliphatic carbocycles. The van der Waals surface area contributed by atoms with Crippen molar-refractivity contribution in [2.75, 3.05) is 0 Å². The van der Waals surface area contributed by atoms with Gasteiger partial charge in [0.2, 0.25) is 11.8 Å². The van der Waals surface area contributed by atoms with Crippen LogP contribution in [0.2, 0.25) is 0 Å². The fourth-order valence-corrected chi connectivity index (χ4v) is 2.62. The molecule has 0 heterocycles. The molecule has 0 radical (unpaired) electrons. The van der Waals surface area contributed by atoms with Crippen molar-refractivity contribution < 1.29 is 19.5 Å². The Morgan fingerprint density at radius 2 is 1.87 bits per heavy atom. The van der Waals surface area contributed by atoms with E-state index in [1.807, 2.05) is 24.3 Å². The van der Waals surface area contributed by atoms with Crippen molar-refractivity contribution in [2.24, 2.45) is 5.73 Å². The molecule has 0 saturated heterocycles. The van der Waals surface area contributed by atoms with E-state index in [0.29, 0.717) is 5.92 Å². The normalized spacial score (nSPS) is 15.5. The Kier molecular flexibility index (Phi) is 5.73. The maximum atomic E-state index is 12.0. The minimum absolute atomic E-state index is 0.00295. The molecule has 0 unspecified atom stereocenters. The average molecular weight is 318 g/mol. The number of nitrogens with two attached hydrogens (primary N) is 1. The van der Waals surface area contributed by atoms with E-state index in [2.05, 4.69) is 5.32 Å². The van der Waals surface area contributed by atoms with E-state index in [0.717, 1.165) is 5.56 Å². The first-order valence-electron chi connectivity index (χ1n) is 7.85. The zero-order chi connectivity index (χ0) is 16.8. The van der Waals surface area contributed by atoms with Crippen LogP contribution >= 0.6 is 0 Å². The number of amides is 2. The second kappa shape index (κ2) is 7.76. The first-order valence-corrected chi connectivity index (χ1v) is 7.85. The highest BCUT2D eigenvalue weighted by Gasteiger charge is 2.21. The van der Waals surface area contributed by atoms with Crippen LogP contribution in [0.5, 0.6) is 0 Å². The van der Waals surface area contributed by atoms with Gasteiger partial charge in [0.1, 0.15) is 6.04 Å². The number of rotatable bonds is 8. The number of benzene rings is 1. The molecule has 124 valence electrons. The van der Waals surface area contributed by atoms with Gasteiger partial charge in [0, 0.05) is 6.42 Å². The second-order valence-electron chi connectivity index (χ2n) is 6.01. The number of carboxylic acids is 1. The van der Waals surface area contributed by atoms with Crippen LogP contribution in [0.4, 0.5) is 0 Å². The minimum atomic E-state index is -1.17. The molecule has 4 N–H and O–H groups in total. The van der Waals surface area contributed by atoms with Crippen molar-refractivity contribution in [3.8, 4) is 0 Å². The summed E-state index contributed by atoms with van der Waals surface area (Å²) in [5.74, 6) is -1.49. The summed E-state index contributed by atoms with van der Waals surface area (Å²) in [6.45, 7) is 0. The number of nitrogens with one attached hydrogen (secondary N) is 1. The molecular formula is C17H22N2O4. The SMILES string of the molecule is NC(=O)CC[C@H](NC(=O)Cc1ccc(C2CCC2)cc1)C(=O)O. The van der Waals surface area contributed by atoms with Gasteiger partial charge in [-0.25, -0.2) is 4.79 Å². The van der Waals surface area contributed by atoms with Crippen LogP contribution in [-0.2, 0) is 20.8 Å². The summed E-state index contributed by atoms with van der Waals surface area (Å²) in [6, 6.07) is 6.80. The number of primary amides is 1. The minimum Gasteiger partial charge on any atom is -0.480 e. The van der Waals surface area contributed by atoms with Crippen LogP contribution in [0, 0.1) is 0 Å². The summed E-state index contributed by atoms with van der Waals surface area (Å²) in [4.78, 5) is 33.8. The summed E-state index contributed by atoms with van der Waals surface area (Å²) in [5, 5.41) is 11.5. The van der Waals surface area contributed by atoms with Crippen molar-refractivity contribution in [3.05, 3.63) is 35.4 Å². The summed E-state index contributed by atoms with van der Waals surface area (Å²) in [5.41, 5.74) is 7.14. The summed E-state index contributed by atoms with van der Waals surface area (Å²) in [7, 11) is 0. The summed E-state index contributed by atoms with van der Waals surface area (Å²) < 4.78 is 0. The molecule has 2 amide bonds. The van der Waals surface area contributed by atoms with Crippen LogP contribution < -0.4 is 11.1 Å². The van der Waals surface area contributed by atoms with E-state index in [9.17, 15) is 14.4 Å². The lowest BCUT2D eigenvalue weighted by Gasteiger charge is -2.25. The standard InChI is InChI=1S/C17H22N2O4/c18-15(20)9-8-14(17(22)23)19-16(21)10-11-4-6-13(7-5-11)12-2-1-3-12/h4-7,12,14H,1-3,8-10H2,(H2,18,20)(H,19,21)(H,22,23)/t14-/m0/s1. The van der Waals surface area contributed by atoms with Gasteiger partial charge in [0.25, 0.3) is 0 Å². The van der Waals surface area contributed by atoms with Gasteiger partial charge in [-0.1, -0.05) is 30.7 Å². The number of carboxylic acid groups (broad SMARTS) is 1. The van der Waals surface area contributed by atoms with Gasteiger partial charge in [0.05, 0.1) is 6.42 Å². The molecule has 2 rings (SSSR count).